The Morgan fingerprint density at radius 3 is 2.42 bits per heavy atom. The minimum atomic E-state index is -4.64. The topological polar surface area (TPSA) is 84.1 Å². The number of hydrogen-bond acceptors (Lipinski definition) is 5. The number of halogens is 5. The number of hydrogen-bond donors (Lipinski definition) is 2. The number of carbonyl (C=O) groups excluding carboxylic acids is 1. The van der Waals surface area contributed by atoms with Crippen LogP contribution in [0.2, 0.25) is 0 Å². The molecule has 1 aromatic heterocycles. The van der Waals surface area contributed by atoms with Gasteiger partial charge < -0.3 is 15.0 Å². The van der Waals surface area contributed by atoms with Gasteiger partial charge in [0.15, 0.2) is 11.6 Å². The zero-order chi connectivity index (χ0) is 26.6. The first-order chi connectivity index (χ1) is 16.9. The van der Waals surface area contributed by atoms with Crippen LogP contribution in [0.5, 0.6) is 5.75 Å². The Bertz CT molecular complexity index is 1310. The van der Waals surface area contributed by atoms with Crippen LogP contribution in [0.15, 0.2) is 52.2 Å². The number of nitrogens with one attached hydrogen (secondary N) is 2. The minimum Gasteiger partial charge on any atom is -0.494 e. The number of rotatable bonds is 8. The summed E-state index contributed by atoms with van der Waals surface area (Å²) in [7, 11) is 1.33. The second-order valence-electron chi connectivity index (χ2n) is 8.16. The van der Waals surface area contributed by atoms with E-state index in [1.807, 2.05) is 0 Å². The highest BCUT2D eigenvalue weighted by atomic mass is 32.2. The molecule has 0 spiro atoms. The fourth-order valence-electron chi connectivity index (χ4n) is 3.49. The van der Waals surface area contributed by atoms with E-state index < -0.39 is 51.3 Å². The first-order valence-corrected chi connectivity index (χ1v) is 11.5. The van der Waals surface area contributed by atoms with Gasteiger partial charge in [0, 0.05) is 12.5 Å². The van der Waals surface area contributed by atoms with Crippen LogP contribution in [0.4, 0.5) is 22.0 Å². The van der Waals surface area contributed by atoms with E-state index in [0.29, 0.717) is 5.56 Å². The van der Waals surface area contributed by atoms with Gasteiger partial charge in [-0.25, -0.2) is 13.8 Å². The third-order valence-corrected chi connectivity index (χ3v) is 5.89. The fourth-order valence-corrected chi connectivity index (χ4v) is 4.03. The lowest BCUT2D eigenvalue weighted by atomic mass is 9.95. The lowest BCUT2D eigenvalue weighted by Gasteiger charge is -2.23. The minimum absolute atomic E-state index is 0.0223. The zero-order valence-corrected chi connectivity index (χ0v) is 20.2. The smallest absolute Gasteiger partial charge is 0.446 e. The van der Waals surface area contributed by atoms with Crippen LogP contribution in [-0.2, 0) is 6.42 Å². The van der Waals surface area contributed by atoms with Crippen molar-refractivity contribution in [3.63, 3.8) is 0 Å². The van der Waals surface area contributed by atoms with Crippen molar-refractivity contribution >= 4 is 17.7 Å². The van der Waals surface area contributed by atoms with Crippen LogP contribution in [0.25, 0.3) is 0 Å². The van der Waals surface area contributed by atoms with Crippen LogP contribution >= 0.6 is 11.8 Å². The first kappa shape index (κ1) is 27.2. The number of ether oxygens (including phenoxy) is 1. The highest BCUT2D eigenvalue weighted by Gasteiger charge is 2.31. The summed E-state index contributed by atoms with van der Waals surface area (Å²) >= 11 is -0.567. The summed E-state index contributed by atoms with van der Waals surface area (Å²) in [6.07, 6.45) is 0.0223. The van der Waals surface area contributed by atoms with E-state index in [2.05, 4.69) is 15.3 Å². The molecule has 0 aliphatic carbocycles. The summed E-state index contributed by atoms with van der Waals surface area (Å²) in [6, 6.07) is 7.66. The van der Waals surface area contributed by atoms with Gasteiger partial charge in [-0.05, 0) is 53.1 Å². The lowest BCUT2D eigenvalue weighted by Crippen LogP contribution is -2.33. The molecule has 1 amide bonds. The van der Waals surface area contributed by atoms with Gasteiger partial charge in [-0.15, -0.1) is 0 Å². The van der Waals surface area contributed by atoms with E-state index in [9.17, 15) is 31.5 Å². The van der Waals surface area contributed by atoms with Crippen molar-refractivity contribution in [3.8, 4) is 5.75 Å². The van der Waals surface area contributed by atoms with E-state index in [-0.39, 0.29) is 35.2 Å². The molecule has 12 heteroatoms. The SMILES string of the molecule is COc1ccc(Cc2nc(C(=O)NC(c3ccc(SC(F)(F)F)c(F)c3)C(C)C)cc(=O)[nH]2)cc1F. The number of aromatic amines is 1. The molecule has 0 radical (unpaired) electrons. The third kappa shape index (κ3) is 7.06. The lowest BCUT2D eigenvalue weighted by molar-refractivity contribution is -0.0329. The predicted molar refractivity (Wildman–Crippen MR) is 124 cm³/mol. The number of aromatic nitrogens is 2. The number of methoxy groups -OCH3 is 1. The average molecular weight is 528 g/mol. The highest BCUT2D eigenvalue weighted by Crippen LogP contribution is 2.39. The molecule has 0 saturated carbocycles. The molecule has 6 nitrogen and oxygen atoms in total. The average Bonchev–Trinajstić information content (AvgIpc) is 2.77. The molecule has 192 valence electrons. The number of H-pyrrole nitrogens is 1. The summed E-state index contributed by atoms with van der Waals surface area (Å²) in [4.78, 5) is 31.1. The van der Waals surface area contributed by atoms with Crippen molar-refractivity contribution in [1.82, 2.24) is 15.3 Å². The molecule has 3 aromatic rings. The molecule has 1 heterocycles. The quantitative estimate of drug-likeness (QED) is 0.303. The summed E-state index contributed by atoms with van der Waals surface area (Å²) in [6.45, 7) is 3.46. The van der Waals surface area contributed by atoms with Crippen molar-refractivity contribution in [2.75, 3.05) is 7.11 Å². The summed E-state index contributed by atoms with van der Waals surface area (Å²) in [5.41, 5.74) is -4.75. The molecule has 0 fully saturated rings. The molecule has 0 aliphatic heterocycles. The molecule has 2 aromatic carbocycles. The number of amides is 1. The molecule has 1 atom stereocenters. The second-order valence-corrected chi connectivity index (χ2v) is 9.26. The Kier molecular flexibility index (Phi) is 8.39. The summed E-state index contributed by atoms with van der Waals surface area (Å²) < 4.78 is 71.0. The number of carbonyl (C=O) groups is 1. The van der Waals surface area contributed by atoms with Crippen LogP contribution < -0.4 is 15.6 Å². The molecule has 3 rings (SSSR count). The monoisotopic (exact) mass is 527 g/mol. The molecule has 2 N–H and O–H groups in total. The first-order valence-electron chi connectivity index (χ1n) is 10.6. The van der Waals surface area contributed by atoms with Crippen LogP contribution in [0.3, 0.4) is 0 Å². The van der Waals surface area contributed by atoms with Crippen molar-refractivity contribution < 1.29 is 31.5 Å². The third-order valence-electron chi connectivity index (χ3n) is 5.11. The van der Waals surface area contributed by atoms with E-state index in [1.165, 1.54) is 25.3 Å². The van der Waals surface area contributed by atoms with Gasteiger partial charge in [-0.3, -0.25) is 9.59 Å². The van der Waals surface area contributed by atoms with Crippen LogP contribution in [0, 0.1) is 17.6 Å². The highest BCUT2D eigenvalue weighted by molar-refractivity contribution is 8.00. The molecule has 1 unspecified atom stereocenters. The largest absolute Gasteiger partial charge is 0.494 e. The molecule has 0 bridgehead atoms. The Labute approximate surface area is 207 Å². The predicted octanol–water partition coefficient (Wildman–Crippen LogP) is 5.39. The Hall–Kier alpha value is -3.41. The van der Waals surface area contributed by atoms with Crippen molar-refractivity contribution in [2.45, 2.75) is 36.7 Å². The van der Waals surface area contributed by atoms with Gasteiger partial charge in [-0.2, -0.15) is 13.2 Å². The van der Waals surface area contributed by atoms with Crippen molar-refractivity contribution in [3.05, 3.63) is 87.1 Å². The Morgan fingerprint density at radius 2 is 1.83 bits per heavy atom. The van der Waals surface area contributed by atoms with E-state index in [4.69, 9.17) is 4.74 Å². The number of alkyl halides is 3. The molecular formula is C24H22F5N3O3S. The molecule has 0 aliphatic rings. The van der Waals surface area contributed by atoms with Gasteiger partial charge in [0.05, 0.1) is 18.0 Å². The number of nitrogens with zero attached hydrogens (tertiary/aromatic N) is 1. The van der Waals surface area contributed by atoms with Gasteiger partial charge in [0.2, 0.25) is 0 Å². The molecular weight excluding hydrogens is 505 g/mol. The van der Waals surface area contributed by atoms with Gasteiger partial charge in [0.25, 0.3) is 11.5 Å². The van der Waals surface area contributed by atoms with Gasteiger partial charge >= 0.3 is 5.51 Å². The molecule has 36 heavy (non-hydrogen) atoms. The number of benzene rings is 2. The summed E-state index contributed by atoms with van der Waals surface area (Å²) in [5.74, 6) is -2.53. The summed E-state index contributed by atoms with van der Waals surface area (Å²) in [5, 5.41) is 2.66. The van der Waals surface area contributed by atoms with E-state index in [0.717, 1.165) is 18.2 Å². The van der Waals surface area contributed by atoms with Crippen molar-refractivity contribution in [2.24, 2.45) is 5.92 Å². The Morgan fingerprint density at radius 1 is 1.11 bits per heavy atom. The fraction of sp³-hybridized carbons (Fsp3) is 0.292. The van der Waals surface area contributed by atoms with Gasteiger partial charge in [0.1, 0.15) is 17.3 Å². The van der Waals surface area contributed by atoms with Crippen LogP contribution in [-0.4, -0.2) is 28.5 Å². The van der Waals surface area contributed by atoms with E-state index >= 15 is 0 Å². The maximum atomic E-state index is 14.3. The van der Waals surface area contributed by atoms with Gasteiger partial charge in [-0.1, -0.05) is 26.0 Å². The standard InChI is InChI=1S/C24H22F5N3O3S/c1-12(2)22(14-5-7-19(16(26)10-14)36-24(27,28)29)32-23(34)17-11-21(33)31-20(30-17)9-13-4-6-18(35-3)15(25)8-13/h4-8,10-12,22H,9H2,1-3H3,(H,32,34)(H,30,31,33). The van der Waals surface area contributed by atoms with Crippen LogP contribution in [0.1, 0.15) is 47.3 Å². The van der Waals surface area contributed by atoms with E-state index in [1.54, 1.807) is 19.9 Å². The van der Waals surface area contributed by atoms with Crippen molar-refractivity contribution in [1.29, 1.82) is 0 Å². The number of thioether (sulfide) groups is 1. The maximum Gasteiger partial charge on any atom is 0.446 e. The maximum absolute atomic E-state index is 14.3. The molecule has 0 saturated heterocycles. The normalized spacial score (nSPS) is 12.5. The second kappa shape index (κ2) is 11.1. The Balaban J connectivity index is 1.82. The zero-order valence-electron chi connectivity index (χ0n) is 19.4.